The van der Waals surface area contributed by atoms with Gasteiger partial charge in [0, 0.05) is 10.4 Å². The molecule has 0 bridgehead atoms. The highest BCUT2D eigenvalue weighted by molar-refractivity contribution is 7.18. The van der Waals surface area contributed by atoms with Crippen molar-refractivity contribution in [3.8, 4) is 11.5 Å². The second-order valence-electron chi connectivity index (χ2n) is 7.52. The predicted octanol–water partition coefficient (Wildman–Crippen LogP) is 5.09. The number of aryl methyl sites for hydroxylation is 2. The maximum Gasteiger partial charge on any atom is 0.348 e. The van der Waals surface area contributed by atoms with E-state index in [2.05, 4.69) is 37.9 Å². The van der Waals surface area contributed by atoms with Gasteiger partial charge in [-0.05, 0) is 54.4 Å². The molecule has 124 valence electrons. The Morgan fingerprint density at radius 3 is 2.50 bits per heavy atom. The molecule has 1 aromatic carbocycles. The van der Waals surface area contributed by atoms with Crippen molar-refractivity contribution in [1.82, 2.24) is 4.98 Å². The topological polar surface area (TPSA) is 43.1 Å². The Kier molecular flexibility index (Phi) is 3.61. The van der Waals surface area contributed by atoms with Crippen molar-refractivity contribution in [2.45, 2.75) is 51.9 Å². The Hall–Kier alpha value is -1.94. The minimum Gasteiger partial charge on any atom is -0.403 e. The molecular formula is C20H21NO2S. The van der Waals surface area contributed by atoms with Gasteiger partial charge in [-0.3, -0.25) is 0 Å². The van der Waals surface area contributed by atoms with Crippen LogP contribution >= 0.6 is 11.3 Å². The average Bonchev–Trinajstić information content (AvgIpc) is 2.93. The van der Waals surface area contributed by atoms with Gasteiger partial charge in [0.1, 0.15) is 10.2 Å². The van der Waals surface area contributed by atoms with Crippen molar-refractivity contribution in [3.05, 3.63) is 50.7 Å². The van der Waals surface area contributed by atoms with Crippen LogP contribution in [0.1, 0.15) is 49.6 Å². The van der Waals surface area contributed by atoms with Crippen LogP contribution in [0.5, 0.6) is 0 Å². The maximum absolute atomic E-state index is 12.5. The standard InChI is InChI=1S/C20H21NO2S/c1-20(2,3)13-10-8-12(9-11-13)17-21-18-16(19(22)23-17)14-6-4-5-7-15(14)24-18/h8-11H,4-7H2,1-3H3. The van der Waals surface area contributed by atoms with E-state index in [-0.39, 0.29) is 11.0 Å². The van der Waals surface area contributed by atoms with Crippen LogP contribution in [0.2, 0.25) is 0 Å². The molecule has 2 aromatic heterocycles. The van der Waals surface area contributed by atoms with Gasteiger partial charge in [0.2, 0.25) is 5.89 Å². The first-order valence-electron chi connectivity index (χ1n) is 8.50. The Balaban J connectivity index is 1.82. The van der Waals surface area contributed by atoms with Crippen molar-refractivity contribution >= 4 is 21.6 Å². The van der Waals surface area contributed by atoms with Gasteiger partial charge in [-0.25, -0.2) is 9.78 Å². The van der Waals surface area contributed by atoms with Gasteiger partial charge in [-0.1, -0.05) is 32.9 Å². The number of fused-ring (bicyclic) bond motifs is 3. The third-order valence-electron chi connectivity index (χ3n) is 4.75. The monoisotopic (exact) mass is 339 g/mol. The van der Waals surface area contributed by atoms with E-state index < -0.39 is 0 Å². The number of thiophene rings is 1. The zero-order chi connectivity index (χ0) is 16.9. The molecule has 4 heteroatoms. The van der Waals surface area contributed by atoms with E-state index in [0.29, 0.717) is 11.3 Å². The number of nitrogens with zero attached hydrogens (tertiary/aromatic N) is 1. The van der Waals surface area contributed by atoms with Gasteiger partial charge in [-0.15, -0.1) is 11.3 Å². The van der Waals surface area contributed by atoms with Crippen molar-refractivity contribution in [1.29, 1.82) is 0 Å². The van der Waals surface area contributed by atoms with E-state index in [1.54, 1.807) is 11.3 Å². The summed E-state index contributed by atoms with van der Waals surface area (Å²) in [6.07, 6.45) is 4.38. The molecule has 0 saturated heterocycles. The SMILES string of the molecule is CC(C)(C)c1ccc(-c2nc3sc4c(c3c(=O)o2)CCCC4)cc1. The molecule has 24 heavy (non-hydrogen) atoms. The Morgan fingerprint density at radius 2 is 1.79 bits per heavy atom. The van der Waals surface area contributed by atoms with Gasteiger partial charge in [-0.2, -0.15) is 0 Å². The molecule has 0 radical (unpaired) electrons. The highest BCUT2D eigenvalue weighted by atomic mass is 32.1. The summed E-state index contributed by atoms with van der Waals surface area (Å²) in [5.41, 5.74) is 3.14. The molecular weight excluding hydrogens is 318 g/mol. The largest absolute Gasteiger partial charge is 0.403 e. The summed E-state index contributed by atoms with van der Waals surface area (Å²) in [5.74, 6) is 0.423. The van der Waals surface area contributed by atoms with Crippen LogP contribution in [0.15, 0.2) is 33.5 Å². The lowest BCUT2D eigenvalue weighted by Crippen LogP contribution is -2.10. The summed E-state index contributed by atoms with van der Waals surface area (Å²) in [4.78, 5) is 19.3. The molecule has 3 nitrogen and oxygen atoms in total. The van der Waals surface area contributed by atoms with E-state index in [4.69, 9.17) is 4.42 Å². The lowest BCUT2D eigenvalue weighted by Gasteiger charge is -2.18. The minimum atomic E-state index is -0.241. The van der Waals surface area contributed by atoms with E-state index >= 15 is 0 Å². The highest BCUT2D eigenvalue weighted by Crippen LogP contribution is 2.35. The van der Waals surface area contributed by atoms with E-state index in [1.807, 2.05) is 12.1 Å². The number of hydrogen-bond donors (Lipinski definition) is 0. The Bertz CT molecular complexity index is 958. The Morgan fingerprint density at radius 1 is 1.08 bits per heavy atom. The van der Waals surface area contributed by atoms with Crippen molar-refractivity contribution in [2.75, 3.05) is 0 Å². The van der Waals surface area contributed by atoms with Crippen molar-refractivity contribution in [3.63, 3.8) is 0 Å². The van der Waals surface area contributed by atoms with Crippen LogP contribution in [0.3, 0.4) is 0 Å². The zero-order valence-corrected chi connectivity index (χ0v) is 15.1. The fraction of sp³-hybridized carbons (Fsp3) is 0.400. The van der Waals surface area contributed by atoms with Crippen LogP contribution in [-0.4, -0.2) is 4.98 Å². The van der Waals surface area contributed by atoms with Crippen LogP contribution in [0, 0.1) is 0 Å². The molecule has 0 fully saturated rings. The molecule has 0 unspecified atom stereocenters. The van der Waals surface area contributed by atoms with Gasteiger partial charge in [0.15, 0.2) is 0 Å². The molecule has 0 amide bonds. The maximum atomic E-state index is 12.5. The third-order valence-corrected chi connectivity index (χ3v) is 5.93. The fourth-order valence-corrected chi connectivity index (χ4v) is 4.58. The molecule has 0 spiro atoms. The van der Waals surface area contributed by atoms with E-state index in [1.165, 1.54) is 22.4 Å². The summed E-state index contributed by atoms with van der Waals surface area (Å²) < 4.78 is 5.57. The van der Waals surface area contributed by atoms with Crippen LogP contribution in [0.4, 0.5) is 0 Å². The predicted molar refractivity (Wildman–Crippen MR) is 98.9 cm³/mol. The van der Waals surface area contributed by atoms with E-state index in [0.717, 1.165) is 29.7 Å². The molecule has 0 N–H and O–H groups in total. The number of rotatable bonds is 1. The molecule has 1 aliphatic rings. The molecule has 0 aliphatic heterocycles. The average molecular weight is 339 g/mol. The van der Waals surface area contributed by atoms with Gasteiger partial charge in [0.05, 0.1) is 0 Å². The number of hydrogen-bond acceptors (Lipinski definition) is 4. The fourth-order valence-electron chi connectivity index (χ4n) is 3.33. The first-order chi connectivity index (χ1) is 11.4. The number of benzene rings is 1. The lowest BCUT2D eigenvalue weighted by atomic mass is 9.87. The molecule has 1 aliphatic carbocycles. The summed E-state index contributed by atoms with van der Waals surface area (Å²) in [7, 11) is 0. The second kappa shape index (κ2) is 5.55. The lowest BCUT2D eigenvalue weighted by molar-refractivity contribution is 0.518. The normalized spacial score (nSPS) is 14.8. The van der Waals surface area contributed by atoms with E-state index in [9.17, 15) is 4.79 Å². The van der Waals surface area contributed by atoms with Gasteiger partial charge in [0.25, 0.3) is 0 Å². The quantitative estimate of drug-likeness (QED) is 0.620. The molecule has 3 aromatic rings. The molecule has 4 rings (SSSR count). The summed E-state index contributed by atoms with van der Waals surface area (Å²) in [5, 5.41) is 0.713. The van der Waals surface area contributed by atoms with Crippen LogP contribution in [-0.2, 0) is 18.3 Å². The zero-order valence-electron chi connectivity index (χ0n) is 14.3. The summed E-state index contributed by atoms with van der Waals surface area (Å²) in [6.45, 7) is 6.55. The van der Waals surface area contributed by atoms with Crippen molar-refractivity contribution < 1.29 is 4.42 Å². The van der Waals surface area contributed by atoms with Gasteiger partial charge < -0.3 is 4.42 Å². The smallest absolute Gasteiger partial charge is 0.348 e. The first kappa shape index (κ1) is 15.6. The van der Waals surface area contributed by atoms with Crippen LogP contribution < -0.4 is 5.63 Å². The second-order valence-corrected chi connectivity index (χ2v) is 8.61. The van der Waals surface area contributed by atoms with Gasteiger partial charge >= 0.3 is 5.63 Å². The summed E-state index contributed by atoms with van der Waals surface area (Å²) in [6, 6.07) is 8.15. The van der Waals surface area contributed by atoms with Crippen LogP contribution in [0.25, 0.3) is 21.7 Å². The summed E-state index contributed by atoms with van der Waals surface area (Å²) >= 11 is 1.66. The number of aromatic nitrogens is 1. The van der Waals surface area contributed by atoms with Crippen molar-refractivity contribution in [2.24, 2.45) is 0 Å². The molecule has 0 atom stereocenters. The Labute approximate surface area is 145 Å². The third kappa shape index (κ3) is 2.59. The highest BCUT2D eigenvalue weighted by Gasteiger charge is 2.21. The minimum absolute atomic E-state index is 0.101. The molecule has 2 heterocycles. The first-order valence-corrected chi connectivity index (χ1v) is 9.31. The molecule has 0 saturated carbocycles.